The fourth-order valence-corrected chi connectivity index (χ4v) is 4.81. The number of rotatable bonds is 3. The molecule has 4 nitrogen and oxygen atoms in total. The van der Waals surface area contributed by atoms with Crippen LogP contribution in [0.25, 0.3) is 10.9 Å². The second-order valence-corrected chi connectivity index (χ2v) is 7.39. The van der Waals surface area contributed by atoms with Crippen LogP contribution in [0.5, 0.6) is 0 Å². The molecule has 1 fully saturated rings. The smallest absolute Gasteiger partial charge is 0.252 e. The minimum atomic E-state index is -0.269. The van der Waals surface area contributed by atoms with Gasteiger partial charge in [-0.3, -0.25) is 9.69 Å². The van der Waals surface area contributed by atoms with E-state index in [0.29, 0.717) is 18.1 Å². The van der Waals surface area contributed by atoms with E-state index >= 15 is 0 Å². The number of aromatic nitrogens is 1. The van der Waals surface area contributed by atoms with Gasteiger partial charge in [-0.1, -0.05) is 54.6 Å². The average molecular weight is 373 g/mol. The standard InChI is InChI=1S/C22H19N3OS/c1-2-12-24-21(26)18-13-16-15-10-6-7-11-17(15)23-19(16)20(25(18)22(24)27)14-8-4-3-5-9-14/h2-11,18,20,23H,1,12-13H2/t18-,20-/m1/s1. The van der Waals surface area contributed by atoms with Crippen LogP contribution in [0.2, 0.25) is 0 Å². The van der Waals surface area contributed by atoms with Gasteiger partial charge in [-0.15, -0.1) is 6.58 Å². The molecular weight excluding hydrogens is 354 g/mol. The number of fused-ring (bicyclic) bond motifs is 4. The lowest BCUT2D eigenvalue weighted by Crippen LogP contribution is -2.44. The van der Waals surface area contributed by atoms with Gasteiger partial charge >= 0.3 is 0 Å². The Morgan fingerprint density at radius 1 is 1.15 bits per heavy atom. The molecule has 2 aromatic carbocycles. The second kappa shape index (κ2) is 6.06. The van der Waals surface area contributed by atoms with Crippen molar-refractivity contribution in [2.75, 3.05) is 6.54 Å². The molecule has 2 aliphatic rings. The fraction of sp³-hybridized carbons (Fsp3) is 0.182. The van der Waals surface area contributed by atoms with E-state index in [2.05, 4.69) is 40.7 Å². The summed E-state index contributed by atoms with van der Waals surface area (Å²) in [7, 11) is 0. The molecule has 0 aliphatic carbocycles. The van der Waals surface area contributed by atoms with Crippen LogP contribution in [-0.2, 0) is 11.2 Å². The van der Waals surface area contributed by atoms with Crippen molar-refractivity contribution in [2.24, 2.45) is 0 Å². The van der Waals surface area contributed by atoms with Gasteiger partial charge in [0.05, 0.1) is 6.04 Å². The highest BCUT2D eigenvalue weighted by molar-refractivity contribution is 7.80. The number of hydrogen-bond acceptors (Lipinski definition) is 2. The zero-order chi connectivity index (χ0) is 18.5. The molecule has 1 amide bonds. The summed E-state index contributed by atoms with van der Waals surface area (Å²) in [6, 6.07) is 18.2. The summed E-state index contributed by atoms with van der Waals surface area (Å²) in [4.78, 5) is 20.5. The van der Waals surface area contributed by atoms with E-state index in [1.165, 1.54) is 10.9 Å². The van der Waals surface area contributed by atoms with Crippen LogP contribution in [0.3, 0.4) is 0 Å². The molecule has 3 heterocycles. The highest BCUT2D eigenvalue weighted by Crippen LogP contribution is 2.43. The number of thiocarbonyl (C=S) groups is 1. The van der Waals surface area contributed by atoms with Gasteiger partial charge < -0.3 is 9.88 Å². The van der Waals surface area contributed by atoms with E-state index in [1.54, 1.807) is 11.0 Å². The molecule has 0 radical (unpaired) electrons. The molecular formula is C22H19N3OS. The number of nitrogens with one attached hydrogen (secondary N) is 1. The first-order chi connectivity index (χ1) is 13.2. The third-order valence-electron chi connectivity index (χ3n) is 5.56. The second-order valence-electron chi connectivity index (χ2n) is 7.02. The zero-order valence-electron chi connectivity index (χ0n) is 14.8. The Morgan fingerprint density at radius 2 is 1.89 bits per heavy atom. The first kappa shape index (κ1) is 16.3. The molecule has 5 heteroatoms. The molecule has 0 unspecified atom stereocenters. The van der Waals surface area contributed by atoms with Crippen molar-refractivity contribution in [3.05, 3.63) is 84.1 Å². The van der Waals surface area contributed by atoms with Crippen molar-refractivity contribution < 1.29 is 4.79 Å². The van der Waals surface area contributed by atoms with Crippen LogP contribution >= 0.6 is 12.2 Å². The molecule has 3 aromatic rings. The number of H-pyrrole nitrogens is 1. The van der Waals surface area contributed by atoms with Gasteiger partial charge in [-0.2, -0.15) is 0 Å². The number of hydrogen-bond donors (Lipinski definition) is 1. The van der Waals surface area contributed by atoms with Crippen molar-refractivity contribution in [3.8, 4) is 0 Å². The summed E-state index contributed by atoms with van der Waals surface area (Å²) in [5, 5.41) is 1.78. The van der Waals surface area contributed by atoms with Crippen LogP contribution < -0.4 is 0 Å². The fourth-order valence-electron chi connectivity index (χ4n) is 4.41. The molecule has 1 N–H and O–H groups in total. The summed E-state index contributed by atoms with van der Waals surface area (Å²) in [6.45, 7) is 4.23. The van der Waals surface area contributed by atoms with Gasteiger partial charge in [0.1, 0.15) is 6.04 Å². The van der Waals surface area contributed by atoms with Crippen LogP contribution in [0.4, 0.5) is 0 Å². The normalized spacial score (nSPS) is 21.5. The topological polar surface area (TPSA) is 39.3 Å². The Labute approximate surface area is 163 Å². The van der Waals surface area contributed by atoms with E-state index in [4.69, 9.17) is 12.2 Å². The van der Waals surface area contributed by atoms with Crippen molar-refractivity contribution in [1.29, 1.82) is 0 Å². The van der Waals surface area contributed by atoms with Gasteiger partial charge in [0, 0.05) is 29.6 Å². The average Bonchev–Trinajstić information content (AvgIpc) is 3.18. The first-order valence-corrected chi connectivity index (χ1v) is 9.50. The van der Waals surface area contributed by atoms with Crippen LogP contribution in [0, 0.1) is 0 Å². The molecule has 0 bridgehead atoms. The highest BCUT2D eigenvalue weighted by atomic mass is 32.1. The predicted molar refractivity (Wildman–Crippen MR) is 110 cm³/mol. The minimum absolute atomic E-state index is 0.0664. The molecule has 134 valence electrons. The molecule has 1 aromatic heterocycles. The maximum absolute atomic E-state index is 13.1. The summed E-state index contributed by atoms with van der Waals surface area (Å²) in [5.74, 6) is 0.0664. The van der Waals surface area contributed by atoms with E-state index in [0.717, 1.165) is 16.8 Å². The number of nitrogens with zero attached hydrogens (tertiary/aromatic N) is 2. The van der Waals surface area contributed by atoms with Gasteiger partial charge in [0.25, 0.3) is 5.91 Å². The third-order valence-corrected chi connectivity index (χ3v) is 5.99. The maximum atomic E-state index is 13.1. The van der Waals surface area contributed by atoms with Crippen LogP contribution in [0.15, 0.2) is 67.3 Å². The molecule has 27 heavy (non-hydrogen) atoms. The lowest BCUT2D eigenvalue weighted by atomic mass is 9.89. The third kappa shape index (κ3) is 2.28. The van der Waals surface area contributed by atoms with E-state index < -0.39 is 0 Å². The van der Waals surface area contributed by atoms with Crippen molar-refractivity contribution in [3.63, 3.8) is 0 Å². The summed E-state index contributed by atoms with van der Waals surface area (Å²) in [6.07, 6.45) is 2.39. The molecule has 2 atom stereocenters. The van der Waals surface area contributed by atoms with Crippen molar-refractivity contribution in [1.82, 2.24) is 14.8 Å². The van der Waals surface area contributed by atoms with Gasteiger partial charge in [0.2, 0.25) is 0 Å². The summed E-state index contributed by atoms with van der Waals surface area (Å²) < 4.78 is 0. The Bertz CT molecular complexity index is 1070. The van der Waals surface area contributed by atoms with E-state index in [9.17, 15) is 4.79 Å². The molecule has 2 aliphatic heterocycles. The van der Waals surface area contributed by atoms with Gasteiger partial charge in [0.15, 0.2) is 5.11 Å². The van der Waals surface area contributed by atoms with Crippen molar-refractivity contribution in [2.45, 2.75) is 18.5 Å². The quantitative estimate of drug-likeness (QED) is 0.561. The highest BCUT2D eigenvalue weighted by Gasteiger charge is 2.49. The molecule has 0 spiro atoms. The number of amides is 1. The number of benzene rings is 2. The minimum Gasteiger partial charge on any atom is -0.356 e. The van der Waals surface area contributed by atoms with E-state index in [1.807, 2.05) is 30.3 Å². The maximum Gasteiger partial charge on any atom is 0.252 e. The largest absolute Gasteiger partial charge is 0.356 e. The Kier molecular flexibility index (Phi) is 3.65. The lowest BCUT2D eigenvalue weighted by molar-refractivity contribution is -0.128. The predicted octanol–water partition coefficient (Wildman–Crippen LogP) is 3.80. The number of carbonyl (C=O) groups is 1. The van der Waals surface area contributed by atoms with Gasteiger partial charge in [-0.25, -0.2) is 0 Å². The summed E-state index contributed by atoms with van der Waals surface area (Å²) >= 11 is 5.74. The lowest BCUT2D eigenvalue weighted by Gasteiger charge is -2.37. The van der Waals surface area contributed by atoms with Crippen molar-refractivity contribution >= 4 is 34.1 Å². The first-order valence-electron chi connectivity index (χ1n) is 9.09. The Balaban J connectivity index is 1.74. The molecule has 5 rings (SSSR count). The van der Waals surface area contributed by atoms with Crippen LogP contribution in [-0.4, -0.2) is 38.4 Å². The Morgan fingerprint density at radius 3 is 2.67 bits per heavy atom. The summed E-state index contributed by atoms with van der Waals surface area (Å²) in [5.41, 5.74) is 4.59. The SMILES string of the molecule is C=CCN1C(=O)[C@H]2Cc3c([nH]c4ccccc34)[C@@H](c3ccccc3)N2C1=S. The van der Waals surface area contributed by atoms with E-state index in [-0.39, 0.29) is 18.0 Å². The number of aromatic amines is 1. The Hall–Kier alpha value is -2.92. The van der Waals surface area contributed by atoms with Gasteiger partial charge in [-0.05, 0) is 29.4 Å². The zero-order valence-corrected chi connectivity index (χ0v) is 15.6. The van der Waals surface area contributed by atoms with Crippen LogP contribution in [0.1, 0.15) is 22.9 Å². The number of para-hydroxylation sites is 1. The molecule has 1 saturated heterocycles. The molecule has 0 saturated carbocycles. The number of carbonyl (C=O) groups excluding carboxylic acids is 1. The monoisotopic (exact) mass is 373 g/mol.